The van der Waals surface area contributed by atoms with Gasteiger partial charge >= 0.3 is 0 Å². The lowest BCUT2D eigenvalue weighted by Gasteiger charge is -2.15. The minimum atomic E-state index is -0.584. The molecule has 27 heavy (non-hydrogen) atoms. The quantitative estimate of drug-likeness (QED) is 0.693. The maximum absolute atomic E-state index is 12.3. The van der Waals surface area contributed by atoms with Crippen molar-refractivity contribution in [1.29, 1.82) is 0 Å². The Bertz CT molecular complexity index is 936. The van der Waals surface area contributed by atoms with Crippen LogP contribution in [0, 0.1) is 6.92 Å². The first-order valence-corrected chi connectivity index (χ1v) is 8.70. The van der Waals surface area contributed by atoms with Crippen LogP contribution in [0.1, 0.15) is 18.1 Å². The van der Waals surface area contributed by atoms with Gasteiger partial charge in [0.05, 0.1) is 6.04 Å². The molecule has 2 aromatic carbocycles. The van der Waals surface area contributed by atoms with E-state index in [9.17, 15) is 9.59 Å². The number of Topliss-reactive ketones (excluding diaryl/α,β-unsaturated/α-hetero) is 1. The van der Waals surface area contributed by atoms with Crippen molar-refractivity contribution in [2.75, 3.05) is 0 Å². The van der Waals surface area contributed by atoms with Crippen LogP contribution >= 0.6 is 0 Å². The average Bonchev–Trinajstić information content (AvgIpc) is 3.10. The van der Waals surface area contributed by atoms with Gasteiger partial charge in [0.2, 0.25) is 11.7 Å². The van der Waals surface area contributed by atoms with Gasteiger partial charge in [-0.2, -0.15) is 4.80 Å². The summed E-state index contributed by atoms with van der Waals surface area (Å²) in [6, 6.07) is 16.7. The van der Waals surface area contributed by atoms with Gasteiger partial charge in [0.1, 0.15) is 6.54 Å². The van der Waals surface area contributed by atoms with Gasteiger partial charge in [-0.25, -0.2) is 0 Å². The van der Waals surface area contributed by atoms with Crippen LogP contribution in [0.15, 0.2) is 54.6 Å². The van der Waals surface area contributed by atoms with E-state index < -0.39 is 6.04 Å². The van der Waals surface area contributed by atoms with E-state index in [1.165, 1.54) is 11.7 Å². The van der Waals surface area contributed by atoms with E-state index in [2.05, 4.69) is 20.7 Å². The van der Waals surface area contributed by atoms with Crippen LogP contribution in [0.5, 0.6) is 0 Å². The first-order chi connectivity index (χ1) is 13.0. The highest BCUT2D eigenvalue weighted by Crippen LogP contribution is 2.17. The van der Waals surface area contributed by atoms with Gasteiger partial charge in [-0.1, -0.05) is 54.6 Å². The molecule has 1 N–H and O–H groups in total. The zero-order valence-corrected chi connectivity index (χ0v) is 15.3. The molecule has 0 unspecified atom stereocenters. The van der Waals surface area contributed by atoms with Crippen molar-refractivity contribution >= 4 is 11.7 Å². The Kier molecular flexibility index (Phi) is 5.71. The first kappa shape index (κ1) is 18.4. The molecule has 0 aliphatic carbocycles. The fraction of sp³-hybridized carbons (Fsp3) is 0.250. The molecule has 3 aromatic rings. The lowest BCUT2D eigenvalue weighted by molar-refractivity contribution is -0.127. The Hall–Kier alpha value is -3.35. The smallest absolute Gasteiger partial charge is 0.244 e. The third-order valence-corrected chi connectivity index (χ3v) is 4.23. The molecular formula is C20H21N5O2. The highest BCUT2D eigenvalue weighted by molar-refractivity contribution is 5.87. The van der Waals surface area contributed by atoms with Gasteiger partial charge in [-0.3, -0.25) is 9.59 Å². The molecular weight excluding hydrogens is 342 g/mol. The van der Waals surface area contributed by atoms with Crippen molar-refractivity contribution in [2.24, 2.45) is 0 Å². The van der Waals surface area contributed by atoms with Crippen molar-refractivity contribution in [3.63, 3.8) is 0 Å². The predicted octanol–water partition coefficient (Wildman–Crippen LogP) is 1.97. The molecule has 138 valence electrons. The van der Waals surface area contributed by atoms with Gasteiger partial charge in [0, 0.05) is 5.56 Å². The van der Waals surface area contributed by atoms with Crippen molar-refractivity contribution < 1.29 is 9.59 Å². The molecule has 3 rings (SSSR count). The highest BCUT2D eigenvalue weighted by atomic mass is 16.2. The van der Waals surface area contributed by atoms with E-state index in [-0.39, 0.29) is 18.2 Å². The normalized spacial score (nSPS) is 11.8. The molecule has 0 saturated carbocycles. The minimum absolute atomic E-state index is 0.0978. The summed E-state index contributed by atoms with van der Waals surface area (Å²) in [5.41, 5.74) is 2.88. The molecule has 1 amide bonds. The first-order valence-electron chi connectivity index (χ1n) is 8.70. The van der Waals surface area contributed by atoms with Gasteiger partial charge in [0.25, 0.3) is 0 Å². The number of carbonyl (C=O) groups is 2. The number of benzene rings is 2. The summed E-state index contributed by atoms with van der Waals surface area (Å²) in [6.45, 7) is 3.33. The zero-order chi connectivity index (χ0) is 19.2. The van der Waals surface area contributed by atoms with Crippen LogP contribution < -0.4 is 5.32 Å². The Balaban J connectivity index is 1.64. The highest BCUT2D eigenvalue weighted by Gasteiger charge is 2.19. The number of nitrogens with one attached hydrogen (secondary N) is 1. The summed E-state index contributed by atoms with van der Waals surface area (Å²) in [5.74, 6) is 0.0347. The van der Waals surface area contributed by atoms with Gasteiger partial charge < -0.3 is 5.32 Å². The number of tetrazole rings is 1. The molecule has 0 radical (unpaired) electrons. The average molecular weight is 363 g/mol. The number of nitrogens with zero attached hydrogens (tertiary/aromatic N) is 4. The topological polar surface area (TPSA) is 89.8 Å². The summed E-state index contributed by atoms with van der Waals surface area (Å²) in [5, 5.41) is 15.0. The summed E-state index contributed by atoms with van der Waals surface area (Å²) in [7, 11) is 0. The monoisotopic (exact) mass is 363 g/mol. The largest absolute Gasteiger partial charge is 0.344 e. The summed E-state index contributed by atoms with van der Waals surface area (Å²) < 4.78 is 0. The van der Waals surface area contributed by atoms with Crippen LogP contribution in [0.3, 0.4) is 0 Å². The maximum Gasteiger partial charge on any atom is 0.244 e. The number of aryl methyl sites for hydroxylation is 1. The van der Waals surface area contributed by atoms with Crippen molar-refractivity contribution in [3.05, 3.63) is 65.7 Å². The third kappa shape index (κ3) is 4.84. The van der Waals surface area contributed by atoms with Crippen molar-refractivity contribution in [2.45, 2.75) is 32.9 Å². The number of ketones is 1. The SMILES string of the molecule is CC(=O)[C@H](Cc1ccccc1)NC(=O)Cn1nnc(-c2ccccc2C)n1. The fourth-order valence-electron chi connectivity index (χ4n) is 2.76. The second-order valence-corrected chi connectivity index (χ2v) is 6.38. The van der Waals surface area contributed by atoms with Crippen molar-refractivity contribution in [1.82, 2.24) is 25.5 Å². The van der Waals surface area contributed by atoms with E-state index in [0.29, 0.717) is 12.2 Å². The van der Waals surface area contributed by atoms with Gasteiger partial charge in [0.15, 0.2) is 5.78 Å². The molecule has 0 spiro atoms. The number of carbonyl (C=O) groups excluding carboxylic acids is 2. The molecule has 0 fully saturated rings. The second-order valence-electron chi connectivity index (χ2n) is 6.38. The second kappa shape index (κ2) is 8.35. The van der Waals surface area contributed by atoms with E-state index in [1.807, 2.05) is 61.5 Å². The summed E-state index contributed by atoms with van der Waals surface area (Å²) in [6.07, 6.45) is 0.446. The molecule has 7 heteroatoms. The Morgan fingerprint density at radius 1 is 1.07 bits per heavy atom. The molecule has 1 aromatic heterocycles. The fourth-order valence-corrected chi connectivity index (χ4v) is 2.76. The van der Waals surface area contributed by atoms with Crippen LogP contribution in [-0.2, 0) is 22.6 Å². The molecule has 1 heterocycles. The van der Waals surface area contributed by atoms with Crippen LogP contribution in [0.25, 0.3) is 11.4 Å². The Labute approximate surface area is 157 Å². The Morgan fingerprint density at radius 3 is 2.48 bits per heavy atom. The lowest BCUT2D eigenvalue weighted by atomic mass is 10.0. The van der Waals surface area contributed by atoms with Crippen LogP contribution in [-0.4, -0.2) is 37.9 Å². The Morgan fingerprint density at radius 2 is 1.78 bits per heavy atom. The van der Waals surface area contributed by atoms with E-state index in [0.717, 1.165) is 16.7 Å². The van der Waals surface area contributed by atoms with Crippen molar-refractivity contribution in [3.8, 4) is 11.4 Å². The zero-order valence-electron chi connectivity index (χ0n) is 15.3. The van der Waals surface area contributed by atoms with E-state index >= 15 is 0 Å². The number of hydrogen-bond acceptors (Lipinski definition) is 5. The number of rotatable bonds is 7. The molecule has 7 nitrogen and oxygen atoms in total. The molecule has 0 aliphatic rings. The van der Waals surface area contributed by atoms with Gasteiger partial charge in [-0.05, 0) is 36.6 Å². The summed E-state index contributed by atoms with van der Waals surface area (Å²) >= 11 is 0. The third-order valence-electron chi connectivity index (χ3n) is 4.23. The lowest BCUT2D eigenvalue weighted by Crippen LogP contribution is -2.43. The van der Waals surface area contributed by atoms with E-state index in [1.54, 1.807) is 0 Å². The van der Waals surface area contributed by atoms with Crippen LogP contribution in [0.2, 0.25) is 0 Å². The molecule has 0 aliphatic heterocycles. The number of hydrogen-bond donors (Lipinski definition) is 1. The predicted molar refractivity (Wildman–Crippen MR) is 101 cm³/mol. The maximum atomic E-state index is 12.3. The molecule has 1 atom stereocenters. The minimum Gasteiger partial charge on any atom is -0.344 e. The van der Waals surface area contributed by atoms with Crippen LogP contribution in [0.4, 0.5) is 0 Å². The molecule has 0 saturated heterocycles. The van der Waals surface area contributed by atoms with E-state index in [4.69, 9.17) is 0 Å². The number of aromatic nitrogens is 4. The standard InChI is InChI=1S/C20H21N5O2/c1-14-8-6-7-11-17(14)20-22-24-25(23-20)13-19(27)21-18(15(2)26)12-16-9-4-3-5-10-16/h3-11,18H,12-13H2,1-2H3,(H,21,27)/t18-/m0/s1. The number of amides is 1. The van der Waals surface area contributed by atoms with Gasteiger partial charge in [-0.15, -0.1) is 10.2 Å². The summed E-state index contributed by atoms with van der Waals surface area (Å²) in [4.78, 5) is 25.5. The molecule has 0 bridgehead atoms.